The van der Waals surface area contributed by atoms with Crippen molar-refractivity contribution in [3.8, 4) is 0 Å². The van der Waals surface area contributed by atoms with E-state index in [2.05, 4.69) is 5.32 Å². The first-order valence-electron chi connectivity index (χ1n) is 6.17. The van der Waals surface area contributed by atoms with Gasteiger partial charge in [-0.3, -0.25) is 4.79 Å². The number of amides is 1. The van der Waals surface area contributed by atoms with Crippen molar-refractivity contribution < 1.29 is 9.90 Å². The van der Waals surface area contributed by atoms with Crippen LogP contribution in [0.2, 0.25) is 5.02 Å². The number of aryl methyl sites for hydroxylation is 2. The number of carbonyl (C=O) groups excluding carboxylic acids is 1. The molecule has 18 heavy (non-hydrogen) atoms. The maximum absolute atomic E-state index is 12.2. The largest absolute Gasteiger partial charge is 0.395 e. The van der Waals surface area contributed by atoms with Gasteiger partial charge in [0.2, 0.25) is 5.91 Å². The van der Waals surface area contributed by atoms with Crippen LogP contribution < -0.4 is 5.32 Å². The Labute approximate surface area is 112 Å². The van der Waals surface area contributed by atoms with Crippen LogP contribution in [-0.4, -0.2) is 17.6 Å². The highest BCUT2D eigenvalue weighted by Gasteiger charge is 2.43. The van der Waals surface area contributed by atoms with Gasteiger partial charge in [-0.05, 0) is 43.9 Å². The summed E-state index contributed by atoms with van der Waals surface area (Å²) < 4.78 is 0. The predicted molar refractivity (Wildman–Crippen MR) is 72.9 cm³/mol. The fourth-order valence-electron chi connectivity index (χ4n) is 2.38. The van der Waals surface area contributed by atoms with Crippen molar-refractivity contribution >= 4 is 23.2 Å². The summed E-state index contributed by atoms with van der Waals surface area (Å²) in [4.78, 5) is 12.2. The van der Waals surface area contributed by atoms with Gasteiger partial charge in [-0.2, -0.15) is 0 Å². The Morgan fingerprint density at radius 2 is 2.11 bits per heavy atom. The van der Waals surface area contributed by atoms with Crippen molar-refractivity contribution in [3.63, 3.8) is 0 Å². The molecule has 1 amide bonds. The van der Waals surface area contributed by atoms with Gasteiger partial charge in [-0.15, -0.1) is 0 Å². The van der Waals surface area contributed by atoms with Gasteiger partial charge in [-0.25, -0.2) is 0 Å². The molecule has 1 saturated carbocycles. The van der Waals surface area contributed by atoms with Crippen LogP contribution in [0.4, 0.5) is 5.69 Å². The van der Waals surface area contributed by atoms with Crippen molar-refractivity contribution in [2.45, 2.75) is 33.1 Å². The Kier molecular flexibility index (Phi) is 3.64. The summed E-state index contributed by atoms with van der Waals surface area (Å²) in [5.41, 5.74) is 2.07. The number of aliphatic hydroxyl groups excluding tert-OH is 1. The quantitative estimate of drug-likeness (QED) is 0.884. The number of nitrogens with one attached hydrogen (secondary N) is 1. The Balaban J connectivity index is 2.22. The van der Waals surface area contributed by atoms with E-state index in [4.69, 9.17) is 11.6 Å². The van der Waals surface area contributed by atoms with Gasteiger partial charge in [0.25, 0.3) is 0 Å². The van der Waals surface area contributed by atoms with E-state index < -0.39 is 5.41 Å². The molecule has 1 aromatic carbocycles. The molecule has 2 N–H and O–H groups in total. The van der Waals surface area contributed by atoms with Crippen molar-refractivity contribution in [3.05, 3.63) is 28.3 Å². The van der Waals surface area contributed by atoms with Gasteiger partial charge in [0.05, 0.1) is 22.7 Å². The summed E-state index contributed by atoms with van der Waals surface area (Å²) >= 11 is 6.16. The summed E-state index contributed by atoms with van der Waals surface area (Å²) in [5.74, 6) is -0.120. The van der Waals surface area contributed by atoms with E-state index in [1.54, 1.807) is 0 Å². The molecule has 0 atom stereocenters. The number of aliphatic hydroxyl groups is 1. The fourth-order valence-corrected chi connectivity index (χ4v) is 2.75. The normalized spacial score (nSPS) is 17.1. The molecule has 1 fully saturated rings. The molecule has 0 spiro atoms. The number of hydrogen-bond acceptors (Lipinski definition) is 2. The van der Waals surface area contributed by atoms with E-state index >= 15 is 0 Å². The molecular weight excluding hydrogens is 250 g/mol. The first-order valence-corrected chi connectivity index (χ1v) is 6.55. The molecular formula is C14H18ClNO2. The smallest absolute Gasteiger partial charge is 0.232 e. The maximum atomic E-state index is 12.2. The molecule has 0 bridgehead atoms. The minimum absolute atomic E-state index is 0.0959. The van der Waals surface area contributed by atoms with Crippen LogP contribution in [0.15, 0.2) is 12.1 Å². The number of rotatable bonds is 3. The number of anilines is 1. The highest BCUT2D eigenvalue weighted by Crippen LogP contribution is 2.42. The van der Waals surface area contributed by atoms with E-state index in [1.807, 2.05) is 26.0 Å². The monoisotopic (exact) mass is 267 g/mol. The molecule has 0 radical (unpaired) electrons. The maximum Gasteiger partial charge on any atom is 0.232 e. The molecule has 2 rings (SSSR count). The third kappa shape index (κ3) is 2.25. The molecule has 0 aromatic heterocycles. The molecule has 98 valence electrons. The van der Waals surface area contributed by atoms with Crippen molar-refractivity contribution in [2.75, 3.05) is 11.9 Å². The highest BCUT2D eigenvalue weighted by atomic mass is 35.5. The molecule has 0 aliphatic heterocycles. The van der Waals surface area contributed by atoms with Crippen LogP contribution in [0.5, 0.6) is 0 Å². The van der Waals surface area contributed by atoms with Crippen LogP contribution in [-0.2, 0) is 4.79 Å². The number of benzene rings is 1. The van der Waals surface area contributed by atoms with Crippen LogP contribution in [0.3, 0.4) is 0 Å². The Morgan fingerprint density at radius 1 is 1.44 bits per heavy atom. The first kappa shape index (κ1) is 13.4. The van der Waals surface area contributed by atoms with Gasteiger partial charge >= 0.3 is 0 Å². The van der Waals surface area contributed by atoms with Gasteiger partial charge in [0, 0.05) is 0 Å². The molecule has 4 heteroatoms. The molecule has 1 aromatic rings. The molecule has 0 unspecified atom stereocenters. The number of carbonyl (C=O) groups is 1. The van der Waals surface area contributed by atoms with E-state index in [-0.39, 0.29) is 12.5 Å². The molecule has 0 heterocycles. The fraction of sp³-hybridized carbons (Fsp3) is 0.500. The average molecular weight is 268 g/mol. The minimum Gasteiger partial charge on any atom is -0.395 e. The number of hydrogen-bond donors (Lipinski definition) is 2. The highest BCUT2D eigenvalue weighted by molar-refractivity contribution is 6.34. The second-order valence-electron chi connectivity index (χ2n) is 5.18. The third-order valence-electron chi connectivity index (χ3n) is 3.77. The summed E-state index contributed by atoms with van der Waals surface area (Å²) in [6, 6.07) is 3.81. The Hall–Kier alpha value is -1.06. The van der Waals surface area contributed by atoms with Crippen molar-refractivity contribution in [2.24, 2.45) is 5.41 Å². The average Bonchev–Trinajstić information content (AvgIpc) is 2.22. The SMILES string of the molecule is Cc1cc(C)c(NC(=O)C2(CO)CCC2)c(Cl)c1. The van der Waals surface area contributed by atoms with Crippen LogP contribution in [0, 0.1) is 19.3 Å². The topological polar surface area (TPSA) is 49.3 Å². The van der Waals surface area contributed by atoms with E-state index in [9.17, 15) is 9.90 Å². The lowest BCUT2D eigenvalue weighted by Crippen LogP contribution is -2.45. The lowest BCUT2D eigenvalue weighted by molar-refractivity contribution is -0.133. The summed E-state index contributed by atoms with van der Waals surface area (Å²) in [6.45, 7) is 3.79. The summed E-state index contributed by atoms with van der Waals surface area (Å²) in [6.07, 6.45) is 2.49. The standard InChI is InChI=1S/C14H18ClNO2/c1-9-6-10(2)12(11(15)7-9)16-13(18)14(8-17)4-3-5-14/h6-7,17H,3-5,8H2,1-2H3,(H,16,18). The van der Waals surface area contributed by atoms with E-state index in [0.29, 0.717) is 10.7 Å². The molecule has 1 aliphatic carbocycles. The van der Waals surface area contributed by atoms with Crippen LogP contribution >= 0.6 is 11.6 Å². The lowest BCUT2D eigenvalue weighted by atomic mass is 9.68. The van der Waals surface area contributed by atoms with Gasteiger partial charge in [0.15, 0.2) is 0 Å². The lowest BCUT2D eigenvalue weighted by Gasteiger charge is -2.38. The second kappa shape index (κ2) is 4.90. The van der Waals surface area contributed by atoms with E-state index in [0.717, 1.165) is 30.4 Å². The first-order chi connectivity index (χ1) is 8.48. The van der Waals surface area contributed by atoms with Crippen molar-refractivity contribution in [1.29, 1.82) is 0 Å². The van der Waals surface area contributed by atoms with Gasteiger partial charge < -0.3 is 10.4 Å². The zero-order chi connectivity index (χ0) is 13.3. The minimum atomic E-state index is -0.597. The molecule has 3 nitrogen and oxygen atoms in total. The van der Waals surface area contributed by atoms with Crippen LogP contribution in [0.25, 0.3) is 0 Å². The summed E-state index contributed by atoms with van der Waals surface area (Å²) in [7, 11) is 0. The van der Waals surface area contributed by atoms with E-state index in [1.165, 1.54) is 0 Å². The Morgan fingerprint density at radius 3 is 2.56 bits per heavy atom. The summed E-state index contributed by atoms with van der Waals surface area (Å²) in [5, 5.41) is 12.8. The predicted octanol–water partition coefficient (Wildman–Crippen LogP) is 3.06. The van der Waals surface area contributed by atoms with Crippen molar-refractivity contribution in [1.82, 2.24) is 0 Å². The van der Waals surface area contributed by atoms with Gasteiger partial charge in [0.1, 0.15) is 0 Å². The number of halogens is 1. The second-order valence-corrected chi connectivity index (χ2v) is 5.59. The third-order valence-corrected chi connectivity index (χ3v) is 4.06. The molecule has 1 aliphatic rings. The van der Waals surface area contributed by atoms with Gasteiger partial charge in [-0.1, -0.05) is 24.1 Å². The zero-order valence-electron chi connectivity index (χ0n) is 10.7. The van der Waals surface area contributed by atoms with Crippen LogP contribution in [0.1, 0.15) is 30.4 Å². The zero-order valence-corrected chi connectivity index (χ0v) is 11.5. The molecule has 0 saturated heterocycles. The Bertz CT molecular complexity index is 452.